The lowest BCUT2D eigenvalue weighted by molar-refractivity contribution is 0.106. The van der Waals surface area contributed by atoms with E-state index in [0.29, 0.717) is 34.5 Å². The number of hydrogen-bond acceptors (Lipinski definition) is 9. The Morgan fingerprint density at radius 1 is 0.375 bits per heavy atom. The van der Waals surface area contributed by atoms with Crippen LogP contribution < -0.4 is 28.4 Å². The van der Waals surface area contributed by atoms with Crippen LogP contribution in [0.3, 0.4) is 0 Å². The summed E-state index contributed by atoms with van der Waals surface area (Å²) in [6.07, 6.45) is 3.08. The summed E-state index contributed by atoms with van der Waals surface area (Å²) in [5.74, 6) is 9.53. The van der Waals surface area contributed by atoms with Gasteiger partial charge in [-0.25, -0.2) is 0 Å². The molecule has 4 aromatic rings. The molecule has 0 atom stereocenters. The molecule has 48 heavy (non-hydrogen) atoms. The van der Waals surface area contributed by atoms with Crippen LogP contribution in [0, 0.1) is 0 Å². The van der Waals surface area contributed by atoms with Gasteiger partial charge in [0.2, 0.25) is 20.4 Å². The van der Waals surface area contributed by atoms with E-state index in [0.717, 1.165) is 70.5 Å². The second-order valence-corrected chi connectivity index (χ2v) is 15.0. The highest BCUT2D eigenvalue weighted by molar-refractivity contribution is 7.98. The van der Waals surface area contributed by atoms with E-state index in [2.05, 4.69) is 57.2 Å². The fourth-order valence-corrected chi connectivity index (χ4v) is 10.0. The van der Waals surface area contributed by atoms with Crippen LogP contribution in [0.4, 0.5) is 0 Å². The van der Waals surface area contributed by atoms with E-state index in [-0.39, 0.29) is 20.4 Å². The van der Waals surface area contributed by atoms with Crippen molar-refractivity contribution in [2.45, 2.75) is 74.6 Å². The van der Waals surface area contributed by atoms with Gasteiger partial charge in [0.1, 0.15) is 34.5 Å². The van der Waals surface area contributed by atoms with Gasteiger partial charge in [-0.05, 0) is 106 Å². The lowest BCUT2D eigenvalue weighted by Crippen LogP contribution is -2.12. The van der Waals surface area contributed by atoms with E-state index in [1.165, 1.54) is 33.4 Å². The van der Waals surface area contributed by atoms with E-state index >= 15 is 0 Å². The van der Waals surface area contributed by atoms with Gasteiger partial charge in [-0.1, -0.05) is 20.8 Å². The van der Waals surface area contributed by atoms with Crippen LogP contribution in [0.15, 0.2) is 54.6 Å². The first-order valence-electron chi connectivity index (χ1n) is 16.7. The molecule has 0 saturated carbocycles. The zero-order chi connectivity index (χ0) is 32.9. The first kappa shape index (κ1) is 33.2. The maximum Gasteiger partial charge on any atom is 0.230 e. The Morgan fingerprint density at radius 2 is 0.625 bits per heavy atom. The standard InChI is InChI=1S/C39H42O6S3/c1-4-34-37-19-46-16-25-7-28-13-30(9-25)42-23-44-32-11-27-12-33(15-32)45-24-43-31-10-26(8-29(14-31)41-22-40-28)17-47-20-38(34)36(6-3)39(21-48-18-27)35(37)5-2/h7-15H,4-6,16-24H2,1-3H3. The molecule has 0 amide bonds. The van der Waals surface area contributed by atoms with Crippen molar-refractivity contribution < 1.29 is 28.4 Å². The van der Waals surface area contributed by atoms with Gasteiger partial charge in [0.25, 0.3) is 0 Å². The van der Waals surface area contributed by atoms with Gasteiger partial charge < -0.3 is 28.4 Å². The highest BCUT2D eigenvalue weighted by Gasteiger charge is 2.22. The van der Waals surface area contributed by atoms with E-state index in [9.17, 15) is 0 Å². The summed E-state index contributed by atoms with van der Waals surface area (Å²) in [4.78, 5) is 0. The number of ether oxygens (including phenoxy) is 6. The van der Waals surface area contributed by atoms with Crippen molar-refractivity contribution in [3.63, 3.8) is 0 Å². The molecule has 4 aliphatic heterocycles. The lowest BCUT2D eigenvalue weighted by atomic mass is 9.85. The minimum atomic E-state index is 0.0529. The van der Waals surface area contributed by atoms with E-state index < -0.39 is 0 Å². The van der Waals surface area contributed by atoms with Crippen molar-refractivity contribution >= 4 is 35.3 Å². The third-order valence-corrected chi connectivity index (χ3v) is 12.1. The van der Waals surface area contributed by atoms with Crippen LogP contribution in [-0.4, -0.2) is 20.4 Å². The maximum absolute atomic E-state index is 6.17. The summed E-state index contributed by atoms with van der Waals surface area (Å²) in [5, 5.41) is 0. The molecule has 0 unspecified atom stereocenters. The predicted octanol–water partition coefficient (Wildman–Crippen LogP) is 9.86. The Bertz CT molecular complexity index is 1480. The second kappa shape index (κ2) is 15.5. The molecular formula is C39H42O6S3. The van der Waals surface area contributed by atoms with E-state index in [4.69, 9.17) is 28.4 Å². The highest BCUT2D eigenvalue weighted by atomic mass is 32.2. The molecular weight excluding hydrogens is 661 g/mol. The molecule has 0 radical (unpaired) electrons. The molecule has 12 bridgehead atoms. The summed E-state index contributed by atoms with van der Waals surface area (Å²) in [7, 11) is 0. The fourth-order valence-electron chi connectivity index (χ4n) is 6.85. The Labute approximate surface area is 296 Å². The fraction of sp³-hybridized carbons (Fsp3) is 0.385. The van der Waals surface area contributed by atoms with Crippen molar-refractivity contribution in [1.29, 1.82) is 0 Å². The molecule has 4 aromatic carbocycles. The van der Waals surface area contributed by atoms with Crippen LogP contribution in [0.2, 0.25) is 0 Å². The average Bonchev–Trinajstić information content (AvgIpc) is 3.07. The molecule has 4 aliphatic rings. The normalized spacial score (nSPS) is 16.1. The monoisotopic (exact) mass is 702 g/mol. The number of rotatable bonds is 3. The van der Waals surface area contributed by atoms with Gasteiger partial charge in [-0.3, -0.25) is 0 Å². The van der Waals surface area contributed by atoms with Crippen molar-refractivity contribution in [3.05, 3.63) is 105 Å². The largest absolute Gasteiger partial charge is 0.457 e. The molecule has 252 valence electrons. The maximum atomic E-state index is 6.17. The highest BCUT2D eigenvalue weighted by Crippen LogP contribution is 2.39. The molecule has 0 fully saturated rings. The van der Waals surface area contributed by atoms with Crippen LogP contribution in [0.5, 0.6) is 34.5 Å². The number of benzene rings is 4. The Balaban J connectivity index is 1.44. The molecule has 9 heteroatoms. The number of thioether (sulfide) groups is 3. The van der Waals surface area contributed by atoms with Crippen molar-refractivity contribution in [3.8, 4) is 34.5 Å². The molecule has 8 rings (SSSR count). The zero-order valence-corrected chi connectivity index (χ0v) is 30.3. The van der Waals surface area contributed by atoms with E-state index in [1.807, 2.05) is 53.5 Å². The third kappa shape index (κ3) is 7.63. The zero-order valence-electron chi connectivity index (χ0n) is 27.9. The van der Waals surface area contributed by atoms with Crippen LogP contribution in [0.1, 0.15) is 70.8 Å². The lowest BCUT2D eigenvalue weighted by Gasteiger charge is -2.26. The van der Waals surface area contributed by atoms with Crippen molar-refractivity contribution in [2.75, 3.05) is 20.4 Å². The molecule has 0 N–H and O–H groups in total. The van der Waals surface area contributed by atoms with Gasteiger partial charge in [-0.15, -0.1) is 0 Å². The Morgan fingerprint density at radius 3 is 0.854 bits per heavy atom. The van der Waals surface area contributed by atoms with Gasteiger partial charge in [-0.2, -0.15) is 35.3 Å². The molecule has 0 aliphatic carbocycles. The molecule has 6 nitrogen and oxygen atoms in total. The van der Waals surface area contributed by atoms with Gasteiger partial charge in [0, 0.05) is 52.7 Å². The van der Waals surface area contributed by atoms with Crippen LogP contribution in [0.25, 0.3) is 0 Å². The second-order valence-electron chi connectivity index (χ2n) is 12.1. The van der Waals surface area contributed by atoms with Gasteiger partial charge >= 0.3 is 0 Å². The van der Waals surface area contributed by atoms with Crippen LogP contribution in [-0.2, 0) is 53.8 Å². The molecule has 4 heterocycles. The molecule has 0 aromatic heterocycles. The first-order chi connectivity index (χ1) is 23.6. The summed E-state index contributed by atoms with van der Waals surface area (Å²) < 4.78 is 37.0. The van der Waals surface area contributed by atoms with Crippen LogP contribution >= 0.6 is 35.3 Å². The molecule has 0 saturated heterocycles. The third-order valence-electron chi connectivity index (χ3n) is 8.96. The predicted molar refractivity (Wildman–Crippen MR) is 197 cm³/mol. The first-order valence-corrected chi connectivity index (χ1v) is 20.2. The Kier molecular flexibility index (Phi) is 10.7. The molecule has 0 spiro atoms. The number of hydrogen-bond donors (Lipinski definition) is 0. The van der Waals surface area contributed by atoms with Crippen molar-refractivity contribution in [2.24, 2.45) is 0 Å². The van der Waals surface area contributed by atoms with Gasteiger partial charge in [0.15, 0.2) is 0 Å². The summed E-state index contributed by atoms with van der Waals surface area (Å²) in [6.45, 7) is 7.15. The topological polar surface area (TPSA) is 55.4 Å². The minimum Gasteiger partial charge on any atom is -0.457 e. The summed E-state index contributed by atoms with van der Waals surface area (Å²) >= 11 is 5.89. The average molecular weight is 703 g/mol. The Hall–Kier alpha value is -3.27. The minimum absolute atomic E-state index is 0.0529. The number of fused-ring (bicyclic) bond motifs is 12. The summed E-state index contributed by atoms with van der Waals surface area (Å²) in [6, 6.07) is 18.2. The summed E-state index contributed by atoms with van der Waals surface area (Å²) in [5.41, 5.74) is 12.6. The smallest absolute Gasteiger partial charge is 0.230 e. The van der Waals surface area contributed by atoms with E-state index in [1.54, 1.807) is 0 Å². The SMILES string of the molecule is CCc1c2c(CC)c3c(CC)c1CSCc1cc4cc(c1)OCOc1cc(cc(c1)OCOc1cc(cc(c1)OCO4)CSC2)CSC3. The van der Waals surface area contributed by atoms with Crippen molar-refractivity contribution in [1.82, 2.24) is 0 Å². The quantitative estimate of drug-likeness (QED) is 0.208. The van der Waals surface area contributed by atoms with Gasteiger partial charge in [0.05, 0.1) is 0 Å².